The molecule has 6 aromatic rings. The molecule has 0 unspecified atom stereocenters. The molecule has 0 spiro atoms. The van der Waals surface area contributed by atoms with Crippen molar-refractivity contribution < 1.29 is 19.2 Å². The lowest BCUT2D eigenvalue weighted by atomic mass is 9.99. The Morgan fingerprint density at radius 2 is 1.05 bits per heavy atom. The summed E-state index contributed by atoms with van der Waals surface area (Å²) in [4.78, 5) is 66.2. The van der Waals surface area contributed by atoms with Crippen LogP contribution in [0.15, 0.2) is 36.4 Å². The molecule has 0 bridgehead atoms. The zero-order valence-corrected chi connectivity index (χ0v) is 32.1. The number of primary amides is 2. The maximum absolute atomic E-state index is 13.8. The maximum atomic E-state index is 13.8. The summed E-state index contributed by atoms with van der Waals surface area (Å²) in [6, 6.07) is 9.96. The number of aryl methyl sites for hydroxylation is 4. The molecule has 18 heteroatoms. The monoisotopic (exact) mass is 760 g/mol. The fourth-order valence-electron chi connectivity index (χ4n) is 8.26. The zero-order valence-electron chi connectivity index (χ0n) is 32.1. The lowest BCUT2D eigenvalue weighted by Gasteiger charge is -2.37. The molecule has 2 aliphatic rings. The van der Waals surface area contributed by atoms with Gasteiger partial charge in [0.15, 0.2) is 0 Å². The highest BCUT2D eigenvalue weighted by Gasteiger charge is 2.35. The fraction of sp³-hybridized carbons (Fsp3) is 0.368. The van der Waals surface area contributed by atoms with Crippen LogP contribution < -0.4 is 31.9 Å². The van der Waals surface area contributed by atoms with E-state index in [-0.39, 0.29) is 23.9 Å². The van der Waals surface area contributed by atoms with Gasteiger partial charge in [-0.25, -0.2) is 9.97 Å². The molecule has 0 fully saturated rings. The van der Waals surface area contributed by atoms with Crippen LogP contribution in [0.25, 0.3) is 22.1 Å². The van der Waals surface area contributed by atoms with Gasteiger partial charge in [0.25, 0.3) is 11.8 Å². The second-order valence-electron chi connectivity index (χ2n) is 14.6. The molecule has 2 atom stereocenters. The number of nitrogens with zero attached hydrogens (tertiary/aromatic N) is 10. The summed E-state index contributed by atoms with van der Waals surface area (Å²) in [7, 11) is 3.92. The van der Waals surface area contributed by atoms with Crippen molar-refractivity contribution in [1.82, 2.24) is 38.7 Å². The van der Waals surface area contributed by atoms with Crippen molar-refractivity contribution in [2.45, 2.75) is 65.7 Å². The van der Waals surface area contributed by atoms with Gasteiger partial charge in [-0.15, -0.1) is 0 Å². The first-order valence-electron chi connectivity index (χ1n) is 18.6. The highest BCUT2D eigenvalue weighted by Crippen LogP contribution is 2.43. The van der Waals surface area contributed by atoms with E-state index in [1.54, 1.807) is 45.8 Å². The number of carbonyl (C=O) groups excluding carboxylic acids is 4. The molecule has 2 aliphatic heterocycles. The molecule has 2 aromatic carbocycles. The average Bonchev–Trinajstić information content (AvgIpc) is 3.93. The number of rotatable bonds is 11. The average molecular weight is 761 g/mol. The third-order valence-electron chi connectivity index (χ3n) is 10.8. The predicted octanol–water partition coefficient (Wildman–Crippen LogP) is 3.60. The number of hydrogen-bond acceptors (Lipinski definition) is 10. The van der Waals surface area contributed by atoms with Gasteiger partial charge in [-0.05, 0) is 76.9 Å². The van der Waals surface area contributed by atoms with Crippen LogP contribution in [-0.2, 0) is 13.1 Å². The lowest BCUT2D eigenvalue weighted by molar-refractivity contribution is 0.0992. The zero-order chi connectivity index (χ0) is 39.7. The van der Waals surface area contributed by atoms with Crippen LogP contribution in [0, 0.1) is 13.8 Å². The third-order valence-corrected chi connectivity index (χ3v) is 10.8. The Morgan fingerprint density at radius 1 is 0.661 bits per heavy atom. The molecule has 4 amide bonds. The second-order valence-corrected chi connectivity index (χ2v) is 14.6. The Labute approximate surface area is 321 Å². The summed E-state index contributed by atoms with van der Waals surface area (Å²) in [6.45, 7) is 9.63. The first-order chi connectivity index (χ1) is 26.8. The smallest absolute Gasteiger partial charge is 0.276 e. The van der Waals surface area contributed by atoms with Gasteiger partial charge in [-0.1, -0.05) is 0 Å². The normalized spacial score (nSPS) is 16.2. The van der Waals surface area contributed by atoms with Gasteiger partial charge in [0.1, 0.15) is 11.4 Å². The van der Waals surface area contributed by atoms with E-state index >= 15 is 0 Å². The summed E-state index contributed by atoms with van der Waals surface area (Å²) >= 11 is 0. The molecule has 56 heavy (non-hydrogen) atoms. The van der Waals surface area contributed by atoms with Gasteiger partial charge in [-0.3, -0.25) is 39.2 Å². The number of nitrogens with two attached hydrogens (primary N) is 2. The number of benzene rings is 2. The van der Waals surface area contributed by atoms with Crippen LogP contribution in [-0.4, -0.2) is 89.5 Å². The molecule has 0 saturated heterocycles. The van der Waals surface area contributed by atoms with Crippen molar-refractivity contribution in [2.24, 2.45) is 11.5 Å². The van der Waals surface area contributed by atoms with E-state index in [1.165, 1.54) is 0 Å². The summed E-state index contributed by atoms with van der Waals surface area (Å²) in [6.07, 6.45) is 1.26. The largest absolute Gasteiger partial charge is 0.371 e. The molecule has 6 N–H and O–H groups in total. The molecular formula is C38H44N14O4. The molecule has 8 rings (SSSR count). The number of likely N-dealkylation sites (N-methyl/N-ethyl adjacent to an activating group) is 2. The molecule has 0 saturated carbocycles. The Morgan fingerprint density at radius 3 is 1.41 bits per heavy atom. The van der Waals surface area contributed by atoms with Crippen LogP contribution in [0.1, 0.15) is 91.9 Å². The Balaban J connectivity index is 1.18. The molecule has 0 aliphatic carbocycles. The van der Waals surface area contributed by atoms with Gasteiger partial charge >= 0.3 is 0 Å². The fourth-order valence-corrected chi connectivity index (χ4v) is 8.26. The van der Waals surface area contributed by atoms with E-state index in [9.17, 15) is 19.2 Å². The Hall–Kier alpha value is -6.72. The van der Waals surface area contributed by atoms with Crippen LogP contribution in [0.2, 0.25) is 0 Å². The van der Waals surface area contributed by atoms with Gasteiger partial charge in [-0.2, -0.15) is 10.2 Å². The third kappa shape index (κ3) is 5.97. The summed E-state index contributed by atoms with van der Waals surface area (Å²) in [5, 5.41) is 15.0. The van der Waals surface area contributed by atoms with Crippen LogP contribution in [0.5, 0.6) is 0 Å². The maximum Gasteiger partial charge on any atom is 0.276 e. The van der Waals surface area contributed by atoms with Gasteiger partial charge in [0, 0.05) is 51.4 Å². The minimum Gasteiger partial charge on any atom is -0.371 e. The first-order valence-corrected chi connectivity index (χ1v) is 18.6. The van der Waals surface area contributed by atoms with Crippen molar-refractivity contribution in [3.63, 3.8) is 0 Å². The Bertz CT molecular complexity index is 2430. The molecule has 0 radical (unpaired) electrons. The standard InChI is InChI=1S/C38H44N14O4/c1-7-49-29(11-19(3)45-49)35(55)43-37-41-25-13-21(33(39)53)15-27-31(25)51(37)23(17-47(27)5)9-10-24-18-48(6)28-16-22(34(40)54)14-26-32(28)52(24)38(42-26)44-36(56)30-12-20(4)46-50(30)8-2/h11-16,23-24H,7-10,17-18H2,1-6H3,(H2,39,53)(H2,40,54)(H,41,43,55)(H,42,44,56)/t23-,24+. The van der Waals surface area contributed by atoms with Crippen LogP contribution >= 0.6 is 0 Å². The molecule has 290 valence electrons. The number of amides is 4. The SMILES string of the molecule is CCn1nc(C)cc1C(=O)Nc1nc2cc(C(N)=O)cc3c2n1[C@H](CC[C@H]1CN(C)c2cc(C(N)=O)cc4nc(NC(=O)c5cc(C)nn5CC)n1c24)CN3C. The summed E-state index contributed by atoms with van der Waals surface area (Å²) in [5.74, 6) is -1.16. The minimum atomic E-state index is -0.574. The van der Waals surface area contributed by atoms with Crippen LogP contribution in [0.4, 0.5) is 23.3 Å². The number of imidazole rings is 2. The predicted molar refractivity (Wildman–Crippen MR) is 212 cm³/mol. The number of hydrogen-bond donors (Lipinski definition) is 4. The van der Waals surface area contributed by atoms with Gasteiger partial charge in [0.2, 0.25) is 23.7 Å². The highest BCUT2D eigenvalue weighted by molar-refractivity contribution is 6.07. The van der Waals surface area contributed by atoms with Crippen LogP contribution in [0.3, 0.4) is 0 Å². The van der Waals surface area contributed by atoms with Crippen molar-refractivity contribution in [3.05, 3.63) is 70.3 Å². The van der Waals surface area contributed by atoms with Gasteiger partial charge in [0.05, 0.1) is 56.9 Å². The quantitative estimate of drug-likeness (QED) is 0.150. The van der Waals surface area contributed by atoms with Gasteiger partial charge < -0.3 is 30.4 Å². The molecule has 18 nitrogen and oxygen atoms in total. The van der Waals surface area contributed by atoms with E-state index in [2.05, 4.69) is 30.6 Å². The minimum absolute atomic E-state index is 0.173. The summed E-state index contributed by atoms with van der Waals surface area (Å²) < 4.78 is 7.39. The van der Waals surface area contributed by atoms with Crippen molar-refractivity contribution >= 4 is 69.0 Å². The van der Waals surface area contributed by atoms with Crippen molar-refractivity contribution in [2.75, 3.05) is 47.6 Å². The van der Waals surface area contributed by atoms with E-state index in [4.69, 9.17) is 21.4 Å². The number of nitrogens with one attached hydrogen (secondary N) is 2. The van der Waals surface area contributed by atoms with E-state index in [0.29, 0.717) is 84.5 Å². The Kier molecular flexibility index (Phi) is 8.77. The number of aromatic nitrogens is 8. The van der Waals surface area contributed by atoms with E-state index in [1.807, 2.05) is 50.9 Å². The van der Waals surface area contributed by atoms with E-state index < -0.39 is 11.8 Å². The topological polar surface area (TPSA) is 222 Å². The number of anilines is 4. The highest BCUT2D eigenvalue weighted by atomic mass is 16.2. The van der Waals surface area contributed by atoms with E-state index in [0.717, 1.165) is 33.8 Å². The second kappa shape index (κ2) is 13.5. The molecular weight excluding hydrogens is 717 g/mol. The number of carbonyl (C=O) groups is 4. The van der Waals surface area contributed by atoms with Crippen molar-refractivity contribution in [3.8, 4) is 0 Å². The van der Waals surface area contributed by atoms with Crippen molar-refractivity contribution in [1.29, 1.82) is 0 Å². The first kappa shape index (κ1) is 36.3. The molecule has 4 aromatic heterocycles. The molecule has 6 heterocycles. The summed E-state index contributed by atoms with van der Waals surface area (Å²) in [5.41, 5.74) is 18.5. The lowest BCUT2D eigenvalue weighted by Crippen LogP contribution is -2.36.